The SMILES string of the molecule is CCN(CC)c1ccc(N=Nc2nc3ccc(SOOCCO)cc3s2)cc1. The van der Waals surface area contributed by atoms with Crippen LogP contribution in [0.15, 0.2) is 57.6 Å². The van der Waals surface area contributed by atoms with E-state index in [1.165, 1.54) is 17.0 Å². The van der Waals surface area contributed by atoms with Crippen LogP contribution >= 0.6 is 23.4 Å². The highest BCUT2D eigenvalue weighted by Crippen LogP contribution is 2.33. The number of thiazole rings is 1. The number of hydrogen-bond donors (Lipinski definition) is 1. The van der Waals surface area contributed by atoms with Crippen molar-refractivity contribution >= 4 is 50.1 Å². The molecule has 1 aromatic heterocycles. The van der Waals surface area contributed by atoms with Gasteiger partial charge < -0.3 is 10.0 Å². The largest absolute Gasteiger partial charge is 0.394 e. The highest BCUT2D eigenvalue weighted by Gasteiger charge is 2.06. The second-order valence-electron chi connectivity index (χ2n) is 5.71. The third kappa shape index (κ3) is 5.49. The zero-order chi connectivity index (χ0) is 19.8. The smallest absolute Gasteiger partial charge is 0.231 e. The van der Waals surface area contributed by atoms with Crippen LogP contribution in [0.5, 0.6) is 0 Å². The molecule has 2 aromatic carbocycles. The van der Waals surface area contributed by atoms with Gasteiger partial charge in [0.2, 0.25) is 5.13 Å². The molecule has 0 fully saturated rings. The van der Waals surface area contributed by atoms with Gasteiger partial charge in [0.05, 0.1) is 34.6 Å². The molecule has 0 aliphatic heterocycles. The lowest BCUT2D eigenvalue weighted by Crippen LogP contribution is -2.21. The predicted molar refractivity (Wildman–Crippen MR) is 114 cm³/mol. The maximum absolute atomic E-state index is 8.66. The fourth-order valence-electron chi connectivity index (χ4n) is 2.54. The van der Waals surface area contributed by atoms with Gasteiger partial charge in [0.1, 0.15) is 6.61 Å². The van der Waals surface area contributed by atoms with Crippen molar-refractivity contribution < 1.29 is 14.3 Å². The average Bonchev–Trinajstić information content (AvgIpc) is 3.14. The fourth-order valence-corrected chi connectivity index (χ4v) is 3.93. The minimum absolute atomic E-state index is 0.0823. The lowest BCUT2D eigenvalue weighted by atomic mass is 10.2. The van der Waals surface area contributed by atoms with Crippen LogP contribution in [0.25, 0.3) is 10.2 Å². The first-order valence-corrected chi connectivity index (χ1v) is 10.5. The Hall–Kier alpha value is -2.04. The standard InChI is InChI=1S/C19H22N4O3S2/c1-3-23(4-2)15-7-5-14(6-8-15)21-22-19-20-17-10-9-16(13-18(17)27-19)28-26-25-12-11-24/h5-10,13,24H,3-4,11-12H2,1-2H3. The van der Waals surface area contributed by atoms with Gasteiger partial charge >= 0.3 is 0 Å². The molecule has 0 saturated carbocycles. The van der Waals surface area contributed by atoms with Gasteiger partial charge in [-0.2, -0.15) is 4.33 Å². The van der Waals surface area contributed by atoms with Crippen molar-refractivity contribution in [2.24, 2.45) is 10.2 Å². The lowest BCUT2D eigenvalue weighted by molar-refractivity contribution is -0.196. The molecule has 0 saturated heterocycles. The quantitative estimate of drug-likeness (QED) is 0.154. The Morgan fingerprint density at radius 2 is 1.89 bits per heavy atom. The van der Waals surface area contributed by atoms with Crippen LogP contribution in [0, 0.1) is 0 Å². The van der Waals surface area contributed by atoms with Crippen LogP contribution in [0.1, 0.15) is 13.8 Å². The zero-order valence-electron chi connectivity index (χ0n) is 15.7. The Kier molecular flexibility index (Phi) is 7.75. The van der Waals surface area contributed by atoms with Gasteiger partial charge in [-0.3, -0.25) is 0 Å². The van der Waals surface area contributed by atoms with Gasteiger partial charge in [-0.1, -0.05) is 11.3 Å². The van der Waals surface area contributed by atoms with Crippen molar-refractivity contribution in [3.63, 3.8) is 0 Å². The summed E-state index contributed by atoms with van der Waals surface area (Å²) in [6.45, 7) is 6.28. The molecule has 148 valence electrons. The number of hydrogen-bond acceptors (Lipinski definition) is 9. The van der Waals surface area contributed by atoms with Gasteiger partial charge in [-0.05, 0) is 56.3 Å². The van der Waals surface area contributed by atoms with E-state index in [-0.39, 0.29) is 13.2 Å². The topological polar surface area (TPSA) is 79.5 Å². The first kappa shape index (κ1) is 20.7. The Morgan fingerprint density at radius 1 is 1.11 bits per heavy atom. The summed E-state index contributed by atoms with van der Waals surface area (Å²) in [6.07, 6.45) is 0. The van der Waals surface area contributed by atoms with Crippen LogP contribution in [-0.2, 0) is 9.22 Å². The number of nitrogens with zero attached hydrogens (tertiary/aromatic N) is 4. The molecule has 0 aliphatic carbocycles. The van der Waals surface area contributed by atoms with E-state index in [1.54, 1.807) is 0 Å². The Bertz CT molecular complexity index is 911. The van der Waals surface area contributed by atoms with Crippen LogP contribution in [0.4, 0.5) is 16.5 Å². The van der Waals surface area contributed by atoms with Crippen LogP contribution in [0.3, 0.4) is 0 Å². The first-order valence-electron chi connectivity index (χ1n) is 8.97. The molecule has 0 spiro atoms. The number of aliphatic hydroxyl groups excluding tert-OH is 1. The second kappa shape index (κ2) is 10.5. The second-order valence-corrected chi connectivity index (χ2v) is 7.49. The van der Waals surface area contributed by atoms with Crippen molar-refractivity contribution in [2.75, 3.05) is 31.2 Å². The molecule has 9 heteroatoms. The number of azo groups is 1. The van der Waals surface area contributed by atoms with Gasteiger partial charge in [0.15, 0.2) is 0 Å². The summed E-state index contributed by atoms with van der Waals surface area (Å²) in [7, 11) is 0. The number of anilines is 1. The minimum Gasteiger partial charge on any atom is -0.394 e. The van der Waals surface area contributed by atoms with Gasteiger partial charge in [-0.15, -0.1) is 10.2 Å². The van der Waals surface area contributed by atoms with Crippen molar-refractivity contribution in [1.82, 2.24) is 4.98 Å². The molecule has 3 rings (SSSR count). The van der Waals surface area contributed by atoms with E-state index >= 15 is 0 Å². The summed E-state index contributed by atoms with van der Waals surface area (Å²) < 4.78 is 5.95. The molecule has 1 N–H and O–H groups in total. The Morgan fingerprint density at radius 3 is 2.61 bits per heavy atom. The summed E-state index contributed by atoms with van der Waals surface area (Å²) in [4.78, 5) is 12.4. The van der Waals surface area contributed by atoms with E-state index in [1.807, 2.05) is 30.3 Å². The maximum Gasteiger partial charge on any atom is 0.231 e. The lowest BCUT2D eigenvalue weighted by Gasteiger charge is -2.20. The maximum atomic E-state index is 8.66. The third-order valence-electron chi connectivity index (χ3n) is 3.93. The number of fused-ring (bicyclic) bond motifs is 1. The summed E-state index contributed by atoms with van der Waals surface area (Å²) in [6, 6.07) is 13.8. The van der Waals surface area contributed by atoms with Gasteiger partial charge in [0.25, 0.3) is 0 Å². The Balaban J connectivity index is 1.66. The number of rotatable bonds is 10. The Labute approximate surface area is 172 Å². The summed E-state index contributed by atoms with van der Waals surface area (Å²) in [5.74, 6) is 0. The van der Waals surface area contributed by atoms with Crippen LogP contribution in [0.2, 0.25) is 0 Å². The molecule has 1 heterocycles. The van der Waals surface area contributed by atoms with Gasteiger partial charge in [0, 0.05) is 23.7 Å². The van der Waals surface area contributed by atoms with Gasteiger partial charge in [-0.25, -0.2) is 9.87 Å². The molecule has 0 atom stereocenters. The van der Waals surface area contributed by atoms with Crippen molar-refractivity contribution in [1.29, 1.82) is 0 Å². The zero-order valence-corrected chi connectivity index (χ0v) is 17.4. The molecule has 0 aliphatic rings. The van der Waals surface area contributed by atoms with E-state index in [0.717, 1.165) is 45.9 Å². The molecule has 0 amide bonds. The van der Waals surface area contributed by atoms with Crippen LogP contribution in [-0.4, -0.2) is 36.4 Å². The van der Waals surface area contributed by atoms with Crippen LogP contribution < -0.4 is 4.90 Å². The van der Waals surface area contributed by atoms with E-state index < -0.39 is 0 Å². The highest BCUT2D eigenvalue weighted by molar-refractivity contribution is 7.94. The molecule has 0 bridgehead atoms. The van der Waals surface area contributed by atoms with E-state index in [0.29, 0.717) is 5.13 Å². The molecular weight excluding hydrogens is 396 g/mol. The average molecular weight is 419 g/mol. The van der Waals surface area contributed by atoms with E-state index in [2.05, 4.69) is 46.1 Å². The fraction of sp³-hybridized carbons (Fsp3) is 0.316. The highest BCUT2D eigenvalue weighted by atomic mass is 32.2. The monoisotopic (exact) mass is 418 g/mol. The first-order chi connectivity index (χ1) is 13.7. The van der Waals surface area contributed by atoms with E-state index in [4.69, 9.17) is 14.3 Å². The van der Waals surface area contributed by atoms with Crippen molar-refractivity contribution in [2.45, 2.75) is 18.7 Å². The summed E-state index contributed by atoms with van der Waals surface area (Å²) in [5, 5.41) is 17.8. The predicted octanol–water partition coefficient (Wildman–Crippen LogP) is 5.51. The van der Waals surface area contributed by atoms with Crippen molar-refractivity contribution in [3.05, 3.63) is 42.5 Å². The summed E-state index contributed by atoms with van der Waals surface area (Å²) in [5.41, 5.74) is 2.83. The molecule has 3 aromatic rings. The molecule has 0 radical (unpaired) electrons. The summed E-state index contributed by atoms with van der Waals surface area (Å²) >= 11 is 2.55. The normalized spacial score (nSPS) is 11.5. The molecule has 7 nitrogen and oxygen atoms in total. The number of aliphatic hydroxyl groups is 1. The number of aromatic nitrogens is 1. The minimum atomic E-state index is -0.0823. The number of benzene rings is 2. The molecule has 28 heavy (non-hydrogen) atoms. The van der Waals surface area contributed by atoms with Crippen molar-refractivity contribution in [3.8, 4) is 0 Å². The molecular formula is C19H22N4O3S2. The van der Waals surface area contributed by atoms with E-state index in [9.17, 15) is 0 Å². The third-order valence-corrected chi connectivity index (χ3v) is 5.44. The molecule has 0 unspecified atom stereocenters.